The maximum Gasteiger partial charge on any atom is 0.331 e. The SMILES string of the molecule is CNC1Cc2c(cccc2CO)C#CCCC23CCC4C5(C=O)CC67C(C=COC6C6CC8C=CCC(C9CCCC9)C8CC(C(O)C4(O)C2(O)CC2CC1C1OC(=O)C=C1C23)C65O)CC1CC(c2ccccc2)CCC17. The van der Waals surface area contributed by atoms with Crippen LogP contribution in [0.4, 0.5) is 0 Å². The van der Waals surface area contributed by atoms with E-state index in [1.54, 1.807) is 6.08 Å². The summed E-state index contributed by atoms with van der Waals surface area (Å²) in [4.78, 5) is 29.5. The number of aldehydes is 1. The first-order valence-corrected chi connectivity index (χ1v) is 30.5. The van der Waals surface area contributed by atoms with Gasteiger partial charge in [0.25, 0.3) is 0 Å². The lowest BCUT2D eigenvalue weighted by atomic mass is 9.32. The summed E-state index contributed by atoms with van der Waals surface area (Å²) in [6.07, 6.45) is 23.3. The van der Waals surface area contributed by atoms with Crippen LogP contribution in [0.3, 0.4) is 0 Å². The maximum absolute atomic E-state index is 15.7. The molecule has 0 amide bonds. The van der Waals surface area contributed by atoms with Gasteiger partial charge in [-0.25, -0.2) is 4.79 Å². The molecule has 2 aromatic carbocycles. The third-order valence-corrected chi connectivity index (χ3v) is 26.1. The molecule has 12 aliphatic carbocycles. The van der Waals surface area contributed by atoms with Crippen LogP contribution in [0, 0.1) is 105 Å². The smallest absolute Gasteiger partial charge is 0.331 e. The van der Waals surface area contributed by atoms with E-state index in [1.807, 2.05) is 31.5 Å². The van der Waals surface area contributed by atoms with Gasteiger partial charge in [-0.05, 0) is 191 Å². The number of hydrogen-bond acceptors (Lipinski definition) is 10. The number of aliphatic hydroxyl groups excluding tert-OH is 2. The van der Waals surface area contributed by atoms with Gasteiger partial charge < -0.3 is 45.1 Å². The van der Waals surface area contributed by atoms with Gasteiger partial charge in [-0.3, -0.25) is 0 Å². The predicted molar refractivity (Wildman–Crippen MR) is 289 cm³/mol. The molecule has 10 heteroatoms. The number of hydrogen-bond donors (Lipinski definition) is 6. The van der Waals surface area contributed by atoms with Gasteiger partial charge in [0.2, 0.25) is 0 Å². The molecule has 23 atom stereocenters. The highest BCUT2D eigenvalue weighted by molar-refractivity contribution is 5.86. The summed E-state index contributed by atoms with van der Waals surface area (Å²) >= 11 is 0. The number of benzene rings is 2. The minimum atomic E-state index is -2.21. The van der Waals surface area contributed by atoms with Crippen LogP contribution in [0.1, 0.15) is 144 Å². The molecule has 408 valence electrons. The normalized spacial score (nSPS) is 50.5. The Hall–Kier alpha value is -4.08. The van der Waals surface area contributed by atoms with Crippen LogP contribution in [0.5, 0.6) is 0 Å². The summed E-state index contributed by atoms with van der Waals surface area (Å²) in [6.45, 7) is -0.126. The third-order valence-electron chi connectivity index (χ3n) is 26.1. The van der Waals surface area contributed by atoms with E-state index < -0.39 is 69.0 Å². The maximum atomic E-state index is 15.7. The Kier molecular flexibility index (Phi) is 11.5. The fourth-order valence-electron chi connectivity index (χ4n) is 23.5. The van der Waals surface area contributed by atoms with Gasteiger partial charge in [-0.1, -0.05) is 92.1 Å². The van der Waals surface area contributed by atoms with E-state index in [0.717, 1.165) is 60.7 Å². The molecule has 0 aromatic heterocycles. The molecule has 10 nitrogen and oxygen atoms in total. The molecule has 2 aliphatic heterocycles. The van der Waals surface area contributed by atoms with Gasteiger partial charge >= 0.3 is 5.97 Å². The zero-order chi connectivity index (χ0) is 52.4. The lowest BCUT2D eigenvalue weighted by Gasteiger charge is -2.75. The van der Waals surface area contributed by atoms with Crippen LogP contribution in [0.15, 0.2) is 84.7 Å². The number of rotatable bonds is 5. The number of carbonyl (C=O) groups excluding carboxylic acids is 2. The number of carbonyl (C=O) groups is 2. The Morgan fingerprint density at radius 3 is 2.48 bits per heavy atom. The number of esters is 1. The Morgan fingerprint density at radius 2 is 1.68 bits per heavy atom. The Bertz CT molecular complexity index is 2880. The van der Waals surface area contributed by atoms with Crippen LogP contribution >= 0.6 is 0 Å². The molecular weight excluding hydrogens is 963 g/mol. The molecule has 0 radical (unpaired) electrons. The average Bonchev–Trinajstić information content (AvgIpc) is 3.07. The van der Waals surface area contributed by atoms with E-state index in [2.05, 4.69) is 65.7 Å². The molecule has 77 heavy (non-hydrogen) atoms. The van der Waals surface area contributed by atoms with Crippen LogP contribution < -0.4 is 5.32 Å². The van der Waals surface area contributed by atoms with Crippen LogP contribution in [-0.2, 0) is 32.1 Å². The van der Waals surface area contributed by atoms with Crippen molar-refractivity contribution in [3.63, 3.8) is 0 Å². The topological polar surface area (TPSA) is 166 Å². The van der Waals surface area contributed by atoms with Crippen molar-refractivity contribution < 1.29 is 44.6 Å². The van der Waals surface area contributed by atoms with Crippen molar-refractivity contribution in [3.05, 3.63) is 107 Å². The molecule has 2 heterocycles. The second kappa shape index (κ2) is 17.7. The zero-order valence-corrected chi connectivity index (χ0v) is 45.0. The molecule has 14 aliphatic rings. The van der Waals surface area contributed by atoms with Crippen molar-refractivity contribution in [2.75, 3.05) is 7.05 Å². The van der Waals surface area contributed by atoms with E-state index in [0.29, 0.717) is 81.5 Å². The fraction of sp³-hybridized carbons (Fsp3) is 0.672. The van der Waals surface area contributed by atoms with Crippen LogP contribution in [0.2, 0.25) is 0 Å². The van der Waals surface area contributed by atoms with Crippen LogP contribution in [-0.4, -0.2) is 86.0 Å². The summed E-state index contributed by atoms with van der Waals surface area (Å²) < 4.78 is 13.6. The van der Waals surface area contributed by atoms with Crippen LogP contribution in [0.25, 0.3) is 0 Å². The highest BCUT2D eigenvalue weighted by Crippen LogP contribution is 2.81. The number of ether oxygens (including phenoxy) is 2. The molecular formula is C67H81NO9. The van der Waals surface area contributed by atoms with E-state index >= 15 is 9.90 Å². The van der Waals surface area contributed by atoms with Gasteiger partial charge in [0.05, 0.1) is 30.0 Å². The highest BCUT2D eigenvalue weighted by atomic mass is 16.5. The molecule has 0 saturated heterocycles. The molecule has 2 spiro atoms. The van der Waals surface area contributed by atoms with Gasteiger partial charge in [-0.15, -0.1) is 0 Å². The highest BCUT2D eigenvalue weighted by Gasteiger charge is 2.88. The molecule has 16 rings (SSSR count). The number of fused-ring (bicyclic) bond motifs is 9. The van der Waals surface area contributed by atoms with E-state index in [1.165, 1.54) is 31.2 Å². The average molecular weight is 1040 g/mol. The first-order chi connectivity index (χ1) is 37.4. The van der Waals surface area contributed by atoms with Gasteiger partial charge in [0, 0.05) is 58.6 Å². The van der Waals surface area contributed by atoms with E-state index in [4.69, 9.17) is 9.47 Å². The molecule has 9 saturated carbocycles. The summed E-state index contributed by atoms with van der Waals surface area (Å²) in [5.41, 5.74) is -4.10. The largest absolute Gasteiger partial charge is 0.497 e. The Morgan fingerprint density at radius 1 is 0.831 bits per heavy atom. The lowest BCUT2D eigenvalue weighted by molar-refractivity contribution is -0.387. The molecule has 23 unspecified atom stereocenters. The molecule has 4 bridgehead atoms. The van der Waals surface area contributed by atoms with Crippen molar-refractivity contribution in [1.29, 1.82) is 0 Å². The van der Waals surface area contributed by atoms with Gasteiger partial charge in [-0.2, -0.15) is 0 Å². The molecule has 2 aromatic rings. The van der Waals surface area contributed by atoms with Crippen molar-refractivity contribution in [3.8, 4) is 11.8 Å². The van der Waals surface area contributed by atoms with Crippen molar-refractivity contribution >= 4 is 12.3 Å². The summed E-state index contributed by atoms with van der Waals surface area (Å²) in [5, 5.41) is 73.4. The third kappa shape index (κ3) is 6.37. The van der Waals surface area contributed by atoms with Crippen molar-refractivity contribution in [2.45, 2.75) is 176 Å². The second-order valence-corrected chi connectivity index (χ2v) is 27.9. The minimum Gasteiger partial charge on any atom is -0.497 e. The number of aliphatic hydroxyl groups is 5. The summed E-state index contributed by atoms with van der Waals surface area (Å²) in [6, 6.07) is 16.7. The van der Waals surface area contributed by atoms with Gasteiger partial charge in [0.15, 0.2) is 0 Å². The molecule has 9 fully saturated rings. The van der Waals surface area contributed by atoms with E-state index in [-0.39, 0.29) is 66.6 Å². The summed E-state index contributed by atoms with van der Waals surface area (Å²) in [5.74, 6) is 5.75. The number of likely N-dealkylation sites (N-methyl/N-ethyl adjacent to an activating group) is 1. The van der Waals surface area contributed by atoms with Crippen molar-refractivity contribution in [2.24, 2.45) is 93.2 Å². The molecule has 6 N–H and O–H groups in total. The minimum absolute atomic E-state index is 0.101. The first-order valence-electron chi connectivity index (χ1n) is 30.5. The lowest BCUT2D eigenvalue weighted by Crippen LogP contribution is -2.87. The Labute approximate surface area is 454 Å². The Balaban J connectivity index is 0.917. The van der Waals surface area contributed by atoms with Crippen molar-refractivity contribution in [1.82, 2.24) is 5.32 Å². The number of allylic oxidation sites excluding steroid dienone is 3. The first kappa shape index (κ1) is 49.9. The van der Waals surface area contributed by atoms with Gasteiger partial charge in [0.1, 0.15) is 29.7 Å². The standard InChI is InChI=1S/C67H81NO9/c1-68-55-32-48-40(16-9-18-43(48)35-69)15-7-8-24-62-25-22-56-63(37-70)36-64-46(28-44-27-41(20-21-52(44)64)38-11-3-2-4-12-38)23-26-76-61(64)54-30-42-17-10-19-47(39-13-5-6-14-39)49(42)31-53(66(54,63)74)60(72)67(56,75)65(62,73)34-45-29-50(55)59-51(58(45)62)33-57(71)77-59/h2-4,9-12,16-18,23,26,33,37,39,41-42,44-47,49-50,52-56,58-61,68-69,72-75H,5-6,8,13-14,19-22,24-25,27-32,34-36H2,1H3. The second-order valence-electron chi connectivity index (χ2n) is 27.9. The quantitative estimate of drug-likeness (QED) is 0.0739. The fourth-order valence-corrected chi connectivity index (χ4v) is 23.5. The zero-order valence-electron chi connectivity index (χ0n) is 45.0. The monoisotopic (exact) mass is 1040 g/mol. The number of nitrogens with one attached hydrogen (secondary N) is 1. The van der Waals surface area contributed by atoms with E-state index in [9.17, 15) is 25.2 Å². The summed E-state index contributed by atoms with van der Waals surface area (Å²) in [7, 11) is 1.94. The predicted octanol–water partition coefficient (Wildman–Crippen LogP) is 8.66.